The van der Waals surface area contributed by atoms with E-state index in [2.05, 4.69) is 29.6 Å². The molecule has 0 bridgehead atoms. The first-order chi connectivity index (χ1) is 8.31. The molecule has 88 valence electrons. The fourth-order valence-electron chi connectivity index (χ4n) is 2.32. The van der Waals surface area contributed by atoms with Crippen LogP contribution in [-0.4, -0.2) is 0 Å². The van der Waals surface area contributed by atoms with Crippen molar-refractivity contribution in [2.75, 3.05) is 5.32 Å². The van der Waals surface area contributed by atoms with E-state index in [0.29, 0.717) is 0 Å². The van der Waals surface area contributed by atoms with Crippen LogP contribution in [0, 0.1) is 0 Å². The molecule has 1 aromatic carbocycles. The minimum absolute atomic E-state index is 0.857. The number of aryl methyl sites for hydroxylation is 2. The molecule has 1 aliphatic carbocycles. The van der Waals surface area contributed by atoms with Crippen LogP contribution in [-0.2, 0) is 19.4 Å². The largest absolute Gasteiger partial charge is 0.380 e. The molecule has 0 unspecified atom stereocenters. The van der Waals surface area contributed by atoms with Crippen LogP contribution >= 0.6 is 22.9 Å². The van der Waals surface area contributed by atoms with Crippen molar-refractivity contribution in [3.63, 3.8) is 0 Å². The van der Waals surface area contributed by atoms with Gasteiger partial charge in [-0.3, -0.25) is 0 Å². The molecule has 1 nitrogen and oxygen atoms in total. The van der Waals surface area contributed by atoms with Crippen molar-refractivity contribution in [1.82, 2.24) is 0 Å². The van der Waals surface area contributed by atoms with E-state index >= 15 is 0 Å². The summed E-state index contributed by atoms with van der Waals surface area (Å²) in [6.45, 7) is 0.857. The molecule has 0 amide bonds. The quantitative estimate of drug-likeness (QED) is 0.860. The lowest BCUT2D eigenvalue weighted by atomic mass is 10.1. The Balaban J connectivity index is 1.69. The highest BCUT2D eigenvalue weighted by Crippen LogP contribution is 2.26. The molecule has 1 N–H and O–H groups in total. The van der Waals surface area contributed by atoms with E-state index in [0.717, 1.165) is 10.9 Å². The van der Waals surface area contributed by atoms with Gasteiger partial charge in [-0.15, -0.1) is 11.3 Å². The zero-order valence-corrected chi connectivity index (χ0v) is 11.1. The Morgan fingerprint density at radius 3 is 2.82 bits per heavy atom. The Bertz CT molecular complexity index is 533. The molecule has 0 aliphatic heterocycles. The van der Waals surface area contributed by atoms with E-state index in [-0.39, 0.29) is 0 Å². The second-order valence-electron chi connectivity index (χ2n) is 4.40. The third-order valence-corrected chi connectivity index (χ3v) is 4.43. The van der Waals surface area contributed by atoms with Crippen LogP contribution in [0.5, 0.6) is 0 Å². The number of nitrogens with one attached hydrogen (secondary N) is 1. The van der Waals surface area contributed by atoms with E-state index in [1.165, 1.54) is 41.0 Å². The van der Waals surface area contributed by atoms with Crippen LogP contribution in [0.25, 0.3) is 0 Å². The van der Waals surface area contributed by atoms with Gasteiger partial charge in [-0.2, -0.15) is 0 Å². The molecular weight excluding hydrogens is 250 g/mol. The maximum atomic E-state index is 5.91. The van der Waals surface area contributed by atoms with Gasteiger partial charge in [-0.05, 0) is 54.7 Å². The fourth-order valence-corrected chi connectivity index (χ4v) is 3.34. The van der Waals surface area contributed by atoms with Crippen LogP contribution < -0.4 is 5.32 Å². The number of thiophene rings is 1. The molecule has 0 atom stereocenters. The third-order valence-electron chi connectivity index (χ3n) is 3.19. The van der Waals surface area contributed by atoms with Crippen molar-refractivity contribution in [3.05, 3.63) is 50.7 Å². The first-order valence-corrected chi connectivity index (χ1v) is 7.10. The molecule has 0 spiro atoms. The Labute approximate surface area is 110 Å². The van der Waals surface area contributed by atoms with Gasteiger partial charge in [0.05, 0.1) is 4.34 Å². The van der Waals surface area contributed by atoms with Crippen molar-refractivity contribution < 1.29 is 0 Å². The topological polar surface area (TPSA) is 12.0 Å². The summed E-state index contributed by atoms with van der Waals surface area (Å²) in [6, 6.07) is 10.8. The summed E-state index contributed by atoms with van der Waals surface area (Å²) in [5, 5.41) is 3.46. The van der Waals surface area contributed by atoms with Crippen molar-refractivity contribution in [1.29, 1.82) is 0 Å². The highest BCUT2D eigenvalue weighted by Gasteiger charge is 2.10. The summed E-state index contributed by atoms with van der Waals surface area (Å²) in [7, 11) is 0. The summed E-state index contributed by atoms with van der Waals surface area (Å²) in [6.07, 6.45) is 3.78. The second-order valence-corrected chi connectivity index (χ2v) is 6.20. The molecule has 0 saturated heterocycles. The molecule has 3 rings (SSSR count). The van der Waals surface area contributed by atoms with Crippen molar-refractivity contribution in [2.45, 2.75) is 25.8 Å². The Morgan fingerprint density at radius 2 is 2.00 bits per heavy atom. The Hall–Kier alpha value is -0.990. The first kappa shape index (κ1) is 11.1. The second kappa shape index (κ2) is 4.71. The van der Waals surface area contributed by atoms with Gasteiger partial charge in [0.15, 0.2) is 0 Å². The minimum atomic E-state index is 0.857. The first-order valence-electron chi connectivity index (χ1n) is 5.91. The van der Waals surface area contributed by atoms with E-state index in [4.69, 9.17) is 11.6 Å². The van der Waals surface area contributed by atoms with Crippen molar-refractivity contribution in [3.8, 4) is 0 Å². The number of benzene rings is 1. The van der Waals surface area contributed by atoms with Crippen LogP contribution in [0.4, 0.5) is 5.69 Å². The van der Waals surface area contributed by atoms with Gasteiger partial charge in [0, 0.05) is 17.1 Å². The molecule has 3 heteroatoms. The van der Waals surface area contributed by atoms with Crippen LogP contribution in [0.3, 0.4) is 0 Å². The molecule has 17 heavy (non-hydrogen) atoms. The molecule has 2 aromatic rings. The van der Waals surface area contributed by atoms with Crippen molar-refractivity contribution in [2.24, 2.45) is 0 Å². The zero-order chi connectivity index (χ0) is 11.7. The summed E-state index contributed by atoms with van der Waals surface area (Å²) < 4.78 is 0.857. The van der Waals surface area contributed by atoms with Crippen LogP contribution in [0.1, 0.15) is 22.4 Å². The minimum Gasteiger partial charge on any atom is -0.380 e. The zero-order valence-electron chi connectivity index (χ0n) is 9.50. The smallest absolute Gasteiger partial charge is 0.0931 e. The highest BCUT2D eigenvalue weighted by molar-refractivity contribution is 7.16. The predicted molar refractivity (Wildman–Crippen MR) is 75.1 cm³/mol. The predicted octanol–water partition coefficient (Wildman–Crippen LogP) is 4.50. The van der Waals surface area contributed by atoms with Crippen LogP contribution in [0.2, 0.25) is 4.34 Å². The molecule has 0 radical (unpaired) electrons. The number of hydrogen-bond donors (Lipinski definition) is 1. The standard InChI is InChI=1S/C14H14ClNS/c15-14-7-6-13(17-14)9-16-12-5-4-10-2-1-3-11(10)8-12/h4-8,16H,1-3,9H2. The number of hydrogen-bond acceptors (Lipinski definition) is 2. The van der Waals surface area contributed by atoms with Gasteiger partial charge < -0.3 is 5.32 Å². The average Bonchev–Trinajstić information content (AvgIpc) is 2.94. The summed E-state index contributed by atoms with van der Waals surface area (Å²) in [4.78, 5) is 1.27. The maximum Gasteiger partial charge on any atom is 0.0931 e. The van der Waals surface area contributed by atoms with Gasteiger partial charge in [-0.1, -0.05) is 17.7 Å². The SMILES string of the molecule is Clc1ccc(CNc2ccc3c(c2)CCC3)s1. The molecule has 1 aliphatic rings. The Morgan fingerprint density at radius 1 is 1.12 bits per heavy atom. The lowest BCUT2D eigenvalue weighted by Gasteiger charge is -2.07. The highest BCUT2D eigenvalue weighted by atomic mass is 35.5. The number of halogens is 1. The molecule has 1 heterocycles. The van der Waals surface area contributed by atoms with Gasteiger partial charge in [0.2, 0.25) is 0 Å². The van der Waals surface area contributed by atoms with E-state index in [1.807, 2.05) is 6.07 Å². The summed E-state index contributed by atoms with van der Waals surface area (Å²) >= 11 is 7.54. The van der Waals surface area contributed by atoms with E-state index < -0.39 is 0 Å². The lowest BCUT2D eigenvalue weighted by Crippen LogP contribution is -1.98. The van der Waals surface area contributed by atoms with E-state index in [1.54, 1.807) is 11.3 Å². The molecule has 1 aromatic heterocycles. The lowest BCUT2D eigenvalue weighted by molar-refractivity contribution is 0.912. The van der Waals surface area contributed by atoms with Gasteiger partial charge in [0.1, 0.15) is 0 Å². The summed E-state index contributed by atoms with van der Waals surface area (Å²) in [5.74, 6) is 0. The number of rotatable bonds is 3. The van der Waals surface area contributed by atoms with Gasteiger partial charge >= 0.3 is 0 Å². The molecule has 0 saturated carbocycles. The number of anilines is 1. The Kier molecular flexibility index (Phi) is 3.08. The normalized spacial score (nSPS) is 13.7. The summed E-state index contributed by atoms with van der Waals surface area (Å²) in [5.41, 5.74) is 4.25. The molecular formula is C14H14ClNS. The molecule has 0 fully saturated rings. The van der Waals surface area contributed by atoms with Gasteiger partial charge in [-0.25, -0.2) is 0 Å². The number of fused-ring (bicyclic) bond motifs is 1. The fraction of sp³-hybridized carbons (Fsp3) is 0.286. The average molecular weight is 264 g/mol. The monoisotopic (exact) mass is 263 g/mol. The maximum absolute atomic E-state index is 5.91. The van der Waals surface area contributed by atoms with E-state index in [9.17, 15) is 0 Å². The van der Waals surface area contributed by atoms with Crippen LogP contribution in [0.15, 0.2) is 30.3 Å². The third kappa shape index (κ3) is 2.48. The van der Waals surface area contributed by atoms with Gasteiger partial charge in [0.25, 0.3) is 0 Å². The van der Waals surface area contributed by atoms with Crippen molar-refractivity contribution >= 4 is 28.6 Å².